The largest absolute Gasteiger partial charge is 0.354 e. The van der Waals surface area contributed by atoms with Gasteiger partial charge in [-0.2, -0.15) is 0 Å². The highest BCUT2D eigenvalue weighted by Crippen LogP contribution is 2.22. The number of carbonyl (C=O) groups excluding carboxylic acids is 2. The number of nitrogens with one attached hydrogen (secondary N) is 1. The third-order valence-corrected chi connectivity index (χ3v) is 6.44. The summed E-state index contributed by atoms with van der Waals surface area (Å²) in [6.45, 7) is 4.83. The summed E-state index contributed by atoms with van der Waals surface area (Å²) < 4.78 is 0. The van der Waals surface area contributed by atoms with Crippen LogP contribution in [0.15, 0.2) is 53.4 Å². The summed E-state index contributed by atoms with van der Waals surface area (Å²) in [7, 11) is 0. The Morgan fingerprint density at radius 3 is 2.48 bits per heavy atom. The zero-order valence-electron chi connectivity index (χ0n) is 18.1. The molecule has 168 valence electrons. The molecule has 0 aromatic heterocycles. The molecule has 0 heterocycles. The van der Waals surface area contributed by atoms with Crippen LogP contribution in [0.25, 0.3) is 0 Å². The van der Waals surface area contributed by atoms with E-state index in [0.717, 1.165) is 35.5 Å². The monoisotopic (exact) mass is 480 g/mol. The van der Waals surface area contributed by atoms with Crippen LogP contribution in [-0.4, -0.2) is 35.1 Å². The lowest BCUT2D eigenvalue weighted by atomic mass is 10.1. The van der Waals surface area contributed by atoms with Gasteiger partial charge in [-0.15, -0.1) is 11.8 Å². The SMILES string of the molecule is CCCCNC(=O)[C@H](C)N(Cc1cccc(Cl)c1)C(=O)CCCSc1ccc(Cl)cc1. The second-order valence-electron chi connectivity index (χ2n) is 7.38. The second-order valence-corrected chi connectivity index (χ2v) is 9.42. The van der Waals surface area contributed by atoms with Crippen LogP contribution in [0.1, 0.15) is 45.1 Å². The van der Waals surface area contributed by atoms with Crippen LogP contribution in [0.2, 0.25) is 10.0 Å². The fourth-order valence-corrected chi connectivity index (χ4v) is 4.23. The van der Waals surface area contributed by atoms with Gasteiger partial charge < -0.3 is 10.2 Å². The lowest BCUT2D eigenvalue weighted by Crippen LogP contribution is -2.47. The van der Waals surface area contributed by atoms with Crippen LogP contribution in [0.3, 0.4) is 0 Å². The topological polar surface area (TPSA) is 49.4 Å². The third-order valence-electron chi connectivity index (χ3n) is 4.86. The number of unbranched alkanes of at least 4 members (excludes halogenated alkanes) is 1. The first kappa shape index (κ1) is 25.6. The number of halogens is 2. The molecular weight excluding hydrogens is 451 g/mol. The van der Waals surface area contributed by atoms with Crippen molar-refractivity contribution in [2.75, 3.05) is 12.3 Å². The minimum absolute atomic E-state index is 0.0326. The van der Waals surface area contributed by atoms with E-state index in [1.54, 1.807) is 29.7 Å². The van der Waals surface area contributed by atoms with Crippen molar-refractivity contribution in [1.29, 1.82) is 0 Å². The van der Waals surface area contributed by atoms with Gasteiger partial charge in [-0.25, -0.2) is 0 Å². The molecule has 0 aliphatic carbocycles. The number of benzene rings is 2. The Morgan fingerprint density at radius 2 is 1.81 bits per heavy atom. The van der Waals surface area contributed by atoms with Crippen molar-refractivity contribution >= 4 is 46.8 Å². The van der Waals surface area contributed by atoms with Gasteiger partial charge in [-0.1, -0.05) is 48.7 Å². The number of amides is 2. The molecule has 0 saturated heterocycles. The van der Waals surface area contributed by atoms with Gasteiger partial charge in [0.15, 0.2) is 0 Å². The van der Waals surface area contributed by atoms with Crippen molar-refractivity contribution in [3.63, 3.8) is 0 Å². The molecule has 31 heavy (non-hydrogen) atoms. The van der Waals surface area contributed by atoms with Gasteiger partial charge in [0.05, 0.1) is 0 Å². The van der Waals surface area contributed by atoms with Crippen molar-refractivity contribution in [2.45, 2.75) is 57.0 Å². The van der Waals surface area contributed by atoms with Crippen molar-refractivity contribution in [3.05, 3.63) is 64.1 Å². The predicted molar refractivity (Wildman–Crippen MR) is 131 cm³/mol. The predicted octanol–water partition coefficient (Wildman–Crippen LogP) is 6.20. The Balaban J connectivity index is 1.97. The first-order chi connectivity index (χ1) is 14.9. The third kappa shape index (κ3) is 9.14. The highest BCUT2D eigenvalue weighted by Gasteiger charge is 2.25. The summed E-state index contributed by atoms with van der Waals surface area (Å²) in [5.41, 5.74) is 0.907. The molecule has 0 spiro atoms. The van der Waals surface area contributed by atoms with E-state index in [2.05, 4.69) is 12.2 Å². The van der Waals surface area contributed by atoms with Gasteiger partial charge in [0, 0.05) is 34.5 Å². The fraction of sp³-hybridized carbons (Fsp3) is 0.417. The first-order valence-electron chi connectivity index (χ1n) is 10.6. The van der Waals surface area contributed by atoms with Crippen LogP contribution in [0.4, 0.5) is 0 Å². The quantitative estimate of drug-likeness (QED) is 0.290. The average Bonchev–Trinajstić information content (AvgIpc) is 2.76. The lowest BCUT2D eigenvalue weighted by molar-refractivity contribution is -0.140. The molecule has 0 saturated carbocycles. The summed E-state index contributed by atoms with van der Waals surface area (Å²) in [4.78, 5) is 28.4. The van der Waals surface area contributed by atoms with E-state index >= 15 is 0 Å². The molecule has 7 heteroatoms. The molecule has 0 aliphatic heterocycles. The number of hydrogen-bond acceptors (Lipinski definition) is 3. The van der Waals surface area contributed by atoms with Crippen LogP contribution < -0.4 is 5.32 Å². The van der Waals surface area contributed by atoms with Gasteiger partial charge in [0.25, 0.3) is 0 Å². The Hall–Kier alpha value is -1.69. The molecule has 2 aromatic rings. The van der Waals surface area contributed by atoms with Crippen molar-refractivity contribution in [1.82, 2.24) is 10.2 Å². The molecule has 2 amide bonds. The maximum atomic E-state index is 13.1. The molecule has 2 aromatic carbocycles. The molecule has 0 bridgehead atoms. The number of carbonyl (C=O) groups is 2. The maximum Gasteiger partial charge on any atom is 0.242 e. The highest BCUT2D eigenvalue weighted by molar-refractivity contribution is 7.99. The summed E-state index contributed by atoms with van der Waals surface area (Å²) in [5, 5.41) is 4.26. The second kappa shape index (κ2) is 13.7. The van der Waals surface area contributed by atoms with Gasteiger partial charge in [-0.05, 0) is 67.5 Å². The summed E-state index contributed by atoms with van der Waals surface area (Å²) in [6.07, 6.45) is 3.03. The van der Waals surface area contributed by atoms with E-state index in [0.29, 0.717) is 29.6 Å². The van der Waals surface area contributed by atoms with E-state index in [1.807, 2.05) is 42.5 Å². The van der Waals surface area contributed by atoms with Gasteiger partial charge >= 0.3 is 0 Å². The maximum absolute atomic E-state index is 13.1. The minimum atomic E-state index is -0.549. The molecule has 0 fully saturated rings. The Morgan fingerprint density at radius 1 is 1.06 bits per heavy atom. The number of rotatable bonds is 12. The van der Waals surface area contributed by atoms with Gasteiger partial charge in [-0.3, -0.25) is 9.59 Å². The molecule has 4 nitrogen and oxygen atoms in total. The number of hydrogen-bond donors (Lipinski definition) is 1. The smallest absolute Gasteiger partial charge is 0.242 e. The normalized spacial score (nSPS) is 11.7. The Labute approximate surface area is 199 Å². The molecule has 1 N–H and O–H groups in total. The zero-order valence-corrected chi connectivity index (χ0v) is 20.4. The lowest BCUT2D eigenvalue weighted by Gasteiger charge is -2.29. The van der Waals surface area contributed by atoms with Crippen LogP contribution in [0, 0.1) is 0 Å². The van der Waals surface area contributed by atoms with Crippen LogP contribution in [-0.2, 0) is 16.1 Å². The van der Waals surface area contributed by atoms with Crippen molar-refractivity contribution in [3.8, 4) is 0 Å². The fourth-order valence-electron chi connectivity index (χ4n) is 3.04. The molecule has 0 aliphatic rings. The highest BCUT2D eigenvalue weighted by atomic mass is 35.5. The van der Waals surface area contributed by atoms with E-state index in [1.165, 1.54) is 0 Å². The first-order valence-corrected chi connectivity index (χ1v) is 12.3. The standard InChI is InChI=1S/C24H30Cl2N2O2S/c1-3-4-14-27-24(30)18(2)28(17-19-7-5-8-21(26)16-19)23(29)9-6-15-31-22-12-10-20(25)11-13-22/h5,7-8,10-13,16,18H,3-4,6,9,14-15,17H2,1-2H3,(H,27,30)/t18-/m0/s1. The van der Waals surface area contributed by atoms with E-state index in [-0.39, 0.29) is 11.8 Å². The molecule has 2 rings (SSSR count). The summed E-state index contributed by atoms with van der Waals surface area (Å²) in [5.74, 6) is 0.657. The van der Waals surface area contributed by atoms with Crippen molar-refractivity contribution < 1.29 is 9.59 Å². The van der Waals surface area contributed by atoms with Gasteiger partial charge in [0.1, 0.15) is 6.04 Å². The number of nitrogens with zero attached hydrogens (tertiary/aromatic N) is 1. The van der Waals surface area contributed by atoms with E-state index < -0.39 is 6.04 Å². The van der Waals surface area contributed by atoms with Gasteiger partial charge in [0.2, 0.25) is 11.8 Å². The Bertz CT molecular complexity index is 846. The van der Waals surface area contributed by atoms with E-state index in [4.69, 9.17) is 23.2 Å². The molecule has 0 unspecified atom stereocenters. The molecule has 0 radical (unpaired) electrons. The van der Waals surface area contributed by atoms with Crippen LogP contribution >= 0.6 is 35.0 Å². The number of thioether (sulfide) groups is 1. The molecule has 1 atom stereocenters. The summed E-state index contributed by atoms with van der Waals surface area (Å²) in [6, 6.07) is 14.5. The minimum Gasteiger partial charge on any atom is -0.354 e. The van der Waals surface area contributed by atoms with Crippen LogP contribution in [0.5, 0.6) is 0 Å². The van der Waals surface area contributed by atoms with E-state index in [9.17, 15) is 9.59 Å². The average molecular weight is 481 g/mol. The zero-order chi connectivity index (χ0) is 22.6. The Kier molecular flexibility index (Phi) is 11.3. The summed E-state index contributed by atoms with van der Waals surface area (Å²) >= 11 is 13.7. The van der Waals surface area contributed by atoms with Crippen molar-refractivity contribution in [2.24, 2.45) is 0 Å². The molecular formula is C24H30Cl2N2O2S.